The molecule has 3 N–H and O–H groups in total. The van der Waals surface area contributed by atoms with Gasteiger partial charge in [-0.25, -0.2) is 4.98 Å². The Labute approximate surface area is 156 Å². The maximum Gasteiger partial charge on any atom is 0.492 e. The Morgan fingerprint density at radius 1 is 1.23 bits per heavy atom. The molecular weight excluding hydrogens is 349 g/mol. The Morgan fingerprint density at radius 3 is 2.73 bits per heavy atom. The van der Waals surface area contributed by atoms with E-state index in [9.17, 15) is 10.0 Å². The summed E-state index contributed by atoms with van der Waals surface area (Å²) in [4.78, 5) is 4.25. The molecule has 0 unspecified atom stereocenters. The number of benzene rings is 2. The molecule has 0 fully saturated rings. The number of rotatable bonds is 7. The molecule has 0 aliphatic rings. The summed E-state index contributed by atoms with van der Waals surface area (Å²) in [6.07, 6.45) is 1.59. The monoisotopic (exact) mass is 367 g/mol. The summed E-state index contributed by atoms with van der Waals surface area (Å²) < 4.78 is 5.73. The molecule has 0 aliphatic carbocycles. The number of thiazole rings is 1. The van der Waals surface area contributed by atoms with Crippen molar-refractivity contribution in [2.45, 2.75) is 13.5 Å². The van der Waals surface area contributed by atoms with Gasteiger partial charge in [0.1, 0.15) is 12.4 Å². The number of aryl methyl sites for hydroxylation is 1. The smallest absolute Gasteiger partial charge is 0.489 e. The van der Waals surface area contributed by atoms with Crippen LogP contribution >= 0.6 is 11.3 Å². The highest BCUT2D eigenvalue weighted by Crippen LogP contribution is 2.15. The maximum absolute atomic E-state index is 9.64. The summed E-state index contributed by atoms with van der Waals surface area (Å²) in [5.74, 6) is 0.421. The Kier molecular flexibility index (Phi) is 6.01. The molecule has 0 aliphatic heterocycles. The molecule has 0 saturated heterocycles. The highest BCUT2D eigenvalue weighted by Gasteiger charge is 2.17. The van der Waals surface area contributed by atoms with Crippen LogP contribution in [-0.4, -0.2) is 28.4 Å². The SMILES string of the molecule is Cc1csc(NN=Cc2ccc(OCc3ccccc3)c(B(O)O)c2)n1. The average Bonchev–Trinajstić information content (AvgIpc) is 3.06. The van der Waals surface area contributed by atoms with Gasteiger partial charge in [-0.05, 0) is 36.2 Å². The van der Waals surface area contributed by atoms with E-state index >= 15 is 0 Å². The van der Waals surface area contributed by atoms with Crippen molar-refractivity contribution >= 4 is 35.3 Å². The van der Waals surface area contributed by atoms with Crippen LogP contribution in [0.5, 0.6) is 5.75 Å². The van der Waals surface area contributed by atoms with Crippen molar-refractivity contribution < 1.29 is 14.8 Å². The van der Waals surface area contributed by atoms with E-state index in [2.05, 4.69) is 15.5 Å². The lowest BCUT2D eigenvalue weighted by Crippen LogP contribution is -2.31. The van der Waals surface area contributed by atoms with Crippen LogP contribution in [-0.2, 0) is 6.61 Å². The summed E-state index contributed by atoms with van der Waals surface area (Å²) in [5.41, 5.74) is 5.77. The molecule has 0 radical (unpaired) electrons. The number of ether oxygens (including phenoxy) is 1. The molecule has 8 heteroatoms. The molecule has 0 atom stereocenters. The van der Waals surface area contributed by atoms with Crippen molar-refractivity contribution in [3.8, 4) is 5.75 Å². The zero-order valence-corrected chi connectivity index (χ0v) is 15.0. The Hall–Kier alpha value is -2.68. The van der Waals surface area contributed by atoms with Gasteiger partial charge in [-0.15, -0.1) is 11.3 Å². The lowest BCUT2D eigenvalue weighted by molar-refractivity contribution is 0.306. The first kappa shape index (κ1) is 18.1. The van der Waals surface area contributed by atoms with Crippen molar-refractivity contribution in [2.24, 2.45) is 5.10 Å². The van der Waals surface area contributed by atoms with E-state index in [0.29, 0.717) is 23.1 Å². The van der Waals surface area contributed by atoms with Gasteiger partial charge in [0.15, 0.2) is 0 Å². The first-order valence-corrected chi connectivity index (χ1v) is 8.88. The van der Waals surface area contributed by atoms with Crippen molar-refractivity contribution in [1.82, 2.24) is 4.98 Å². The minimum Gasteiger partial charge on any atom is -0.489 e. The molecule has 0 spiro atoms. The molecule has 2 aromatic carbocycles. The molecular formula is C18H18BN3O3S. The van der Waals surface area contributed by atoms with Gasteiger partial charge < -0.3 is 14.8 Å². The Morgan fingerprint density at radius 2 is 2.04 bits per heavy atom. The number of hydrogen-bond acceptors (Lipinski definition) is 7. The first-order chi connectivity index (χ1) is 12.6. The summed E-state index contributed by atoms with van der Waals surface area (Å²) in [6, 6.07) is 14.8. The molecule has 26 heavy (non-hydrogen) atoms. The van der Waals surface area contributed by atoms with E-state index in [0.717, 1.165) is 11.3 Å². The van der Waals surface area contributed by atoms with Crippen LogP contribution in [0.1, 0.15) is 16.8 Å². The zero-order valence-electron chi connectivity index (χ0n) is 14.2. The fraction of sp³-hybridized carbons (Fsp3) is 0.111. The maximum atomic E-state index is 9.64. The molecule has 3 aromatic rings. The largest absolute Gasteiger partial charge is 0.492 e. The summed E-state index contributed by atoms with van der Waals surface area (Å²) >= 11 is 1.46. The zero-order chi connectivity index (χ0) is 18.4. The van der Waals surface area contributed by atoms with Crippen molar-refractivity contribution in [2.75, 3.05) is 5.43 Å². The summed E-state index contributed by atoms with van der Waals surface area (Å²) in [5, 5.41) is 26.0. The highest BCUT2D eigenvalue weighted by molar-refractivity contribution is 7.13. The van der Waals surface area contributed by atoms with E-state index in [1.54, 1.807) is 24.4 Å². The number of nitrogens with zero attached hydrogens (tertiary/aromatic N) is 2. The minimum atomic E-state index is -1.64. The molecule has 0 bridgehead atoms. The van der Waals surface area contributed by atoms with Crippen LogP contribution in [0.25, 0.3) is 0 Å². The molecule has 1 aromatic heterocycles. The van der Waals surface area contributed by atoms with Gasteiger partial charge in [0.05, 0.1) is 11.9 Å². The van der Waals surface area contributed by atoms with E-state index in [1.807, 2.05) is 42.6 Å². The third-order valence-corrected chi connectivity index (χ3v) is 4.41. The second kappa shape index (κ2) is 8.62. The summed E-state index contributed by atoms with van der Waals surface area (Å²) in [6.45, 7) is 2.26. The Balaban J connectivity index is 1.69. The lowest BCUT2D eigenvalue weighted by atomic mass is 9.79. The number of hydrogen-bond donors (Lipinski definition) is 3. The van der Waals surface area contributed by atoms with Gasteiger partial charge in [-0.1, -0.05) is 30.3 Å². The van der Waals surface area contributed by atoms with E-state index in [-0.39, 0.29) is 5.46 Å². The molecule has 0 amide bonds. The van der Waals surface area contributed by atoms with Crippen LogP contribution in [0.2, 0.25) is 0 Å². The van der Waals surface area contributed by atoms with Crippen LogP contribution in [0.15, 0.2) is 59.0 Å². The topological polar surface area (TPSA) is 87.0 Å². The standard InChI is InChI=1S/C18H18BN3O3S/c1-13-12-26-18(21-13)22-20-10-15-7-8-17(16(9-15)19(23)24)25-11-14-5-3-2-4-6-14/h2-10,12,23-24H,11H2,1H3,(H,21,22). The molecule has 1 heterocycles. The van der Waals surface area contributed by atoms with E-state index in [4.69, 9.17) is 4.74 Å². The van der Waals surface area contributed by atoms with Crippen molar-refractivity contribution in [3.05, 3.63) is 70.7 Å². The van der Waals surface area contributed by atoms with Gasteiger partial charge in [0.25, 0.3) is 0 Å². The van der Waals surface area contributed by atoms with Gasteiger partial charge >= 0.3 is 7.12 Å². The van der Waals surface area contributed by atoms with E-state index in [1.165, 1.54) is 11.3 Å². The highest BCUT2D eigenvalue weighted by atomic mass is 32.1. The van der Waals surface area contributed by atoms with Crippen LogP contribution < -0.4 is 15.6 Å². The fourth-order valence-corrected chi connectivity index (χ4v) is 2.92. The molecule has 0 saturated carbocycles. The fourth-order valence-electron chi connectivity index (χ4n) is 2.28. The quantitative estimate of drug-likeness (QED) is 0.338. The second-order valence-electron chi connectivity index (χ2n) is 5.61. The number of aromatic nitrogens is 1. The second-order valence-corrected chi connectivity index (χ2v) is 6.47. The first-order valence-electron chi connectivity index (χ1n) is 8.00. The predicted molar refractivity (Wildman–Crippen MR) is 105 cm³/mol. The van der Waals surface area contributed by atoms with Crippen LogP contribution in [0.3, 0.4) is 0 Å². The van der Waals surface area contributed by atoms with Gasteiger partial charge in [0, 0.05) is 10.8 Å². The minimum absolute atomic E-state index is 0.287. The molecule has 3 rings (SSSR count). The number of anilines is 1. The van der Waals surface area contributed by atoms with Gasteiger partial charge in [-0.2, -0.15) is 5.10 Å². The van der Waals surface area contributed by atoms with Crippen LogP contribution in [0.4, 0.5) is 5.13 Å². The Bertz CT molecular complexity index is 884. The molecule has 6 nitrogen and oxygen atoms in total. The third-order valence-electron chi connectivity index (χ3n) is 3.54. The van der Waals surface area contributed by atoms with Crippen molar-refractivity contribution in [3.63, 3.8) is 0 Å². The summed E-state index contributed by atoms with van der Waals surface area (Å²) in [7, 11) is -1.64. The average molecular weight is 367 g/mol. The molecule has 132 valence electrons. The normalized spacial score (nSPS) is 10.9. The van der Waals surface area contributed by atoms with E-state index < -0.39 is 7.12 Å². The van der Waals surface area contributed by atoms with Crippen LogP contribution in [0, 0.1) is 6.92 Å². The van der Waals surface area contributed by atoms with Crippen molar-refractivity contribution in [1.29, 1.82) is 0 Å². The predicted octanol–water partition coefficient (Wildman–Crippen LogP) is 2.16. The number of nitrogens with one attached hydrogen (secondary N) is 1. The number of hydrazone groups is 1. The van der Waals surface area contributed by atoms with Gasteiger partial charge in [-0.3, -0.25) is 5.43 Å². The lowest BCUT2D eigenvalue weighted by Gasteiger charge is -2.12. The van der Waals surface area contributed by atoms with Gasteiger partial charge in [0.2, 0.25) is 5.13 Å². The third kappa shape index (κ3) is 4.92.